The van der Waals surface area contributed by atoms with Gasteiger partial charge in [0.1, 0.15) is 10.6 Å². The Morgan fingerprint density at radius 2 is 1.74 bits per heavy atom. The van der Waals surface area contributed by atoms with Crippen LogP contribution in [-0.2, 0) is 0 Å². The fraction of sp³-hybridized carbons (Fsp3) is 0. The summed E-state index contributed by atoms with van der Waals surface area (Å²) in [6, 6.07) is 5.39. The molecule has 0 aliphatic carbocycles. The Bertz CT molecular complexity index is 813. The molecular weight excluding hydrogens is 314 g/mol. The number of hydrogen-bond acceptors (Lipinski definition) is 9. The predicted octanol–water partition coefficient (Wildman–Crippen LogP) is 2.45. The monoisotopic (exact) mass is 321 g/mol. The summed E-state index contributed by atoms with van der Waals surface area (Å²) in [7, 11) is 0. The molecular formula is C11H7N5O7. The van der Waals surface area contributed by atoms with E-state index >= 15 is 0 Å². The van der Waals surface area contributed by atoms with Gasteiger partial charge in [-0.3, -0.25) is 35.8 Å². The van der Waals surface area contributed by atoms with Crippen molar-refractivity contribution >= 4 is 29.2 Å². The van der Waals surface area contributed by atoms with Crippen molar-refractivity contribution in [1.82, 2.24) is 0 Å². The molecule has 1 heterocycles. The van der Waals surface area contributed by atoms with Crippen LogP contribution in [0.3, 0.4) is 0 Å². The summed E-state index contributed by atoms with van der Waals surface area (Å²) in [6.45, 7) is 0. The molecule has 12 heteroatoms. The van der Waals surface area contributed by atoms with Gasteiger partial charge in [0, 0.05) is 6.07 Å². The molecule has 0 atom stereocenters. The molecule has 0 radical (unpaired) electrons. The highest BCUT2D eigenvalue weighted by atomic mass is 16.7. The molecule has 0 saturated carbocycles. The van der Waals surface area contributed by atoms with Gasteiger partial charge >= 0.3 is 11.6 Å². The summed E-state index contributed by atoms with van der Waals surface area (Å²) >= 11 is 0. The second kappa shape index (κ2) is 6.30. The summed E-state index contributed by atoms with van der Waals surface area (Å²) in [5.41, 5.74) is 1.26. The largest absolute Gasteiger partial charge is 0.433 e. The Balaban J connectivity index is 2.18. The second-order valence-electron chi connectivity index (χ2n) is 4.02. The van der Waals surface area contributed by atoms with E-state index in [4.69, 9.17) is 4.42 Å². The van der Waals surface area contributed by atoms with Gasteiger partial charge in [0.05, 0.1) is 28.2 Å². The number of nitro groups is 3. The zero-order chi connectivity index (χ0) is 17.0. The Labute approximate surface area is 126 Å². The smallest absolute Gasteiger partial charge is 0.400 e. The number of benzene rings is 1. The standard InChI is InChI=1S/C11H7N5O7/c17-14(18)7-1-3-9(10(5-7)15(19)20)13-12-6-8-2-4-11(23-8)16(21)22/h1-6,13H. The van der Waals surface area contributed by atoms with Crippen LogP contribution in [0.15, 0.2) is 39.9 Å². The molecule has 0 aliphatic heterocycles. The fourth-order valence-corrected chi connectivity index (χ4v) is 1.55. The molecule has 0 unspecified atom stereocenters. The first-order chi connectivity index (χ1) is 10.9. The van der Waals surface area contributed by atoms with Crippen molar-refractivity contribution in [2.75, 3.05) is 5.43 Å². The van der Waals surface area contributed by atoms with Gasteiger partial charge in [0.25, 0.3) is 5.69 Å². The van der Waals surface area contributed by atoms with E-state index in [1.807, 2.05) is 0 Å². The summed E-state index contributed by atoms with van der Waals surface area (Å²) in [5.74, 6) is -0.429. The van der Waals surface area contributed by atoms with Crippen molar-refractivity contribution in [2.45, 2.75) is 0 Å². The number of nitrogens with one attached hydrogen (secondary N) is 1. The third-order valence-corrected chi connectivity index (χ3v) is 2.56. The highest BCUT2D eigenvalue weighted by molar-refractivity contribution is 5.77. The zero-order valence-corrected chi connectivity index (χ0v) is 11.1. The predicted molar refractivity (Wildman–Crippen MR) is 76.3 cm³/mol. The molecule has 0 fully saturated rings. The first-order valence-corrected chi connectivity index (χ1v) is 5.84. The Kier molecular flexibility index (Phi) is 4.26. The highest BCUT2D eigenvalue weighted by Gasteiger charge is 2.19. The van der Waals surface area contributed by atoms with Crippen LogP contribution in [0.1, 0.15) is 5.76 Å². The van der Waals surface area contributed by atoms with Gasteiger partial charge in [0.15, 0.2) is 5.76 Å². The Morgan fingerprint density at radius 1 is 1.00 bits per heavy atom. The minimum absolute atomic E-state index is 0.0498. The lowest BCUT2D eigenvalue weighted by Gasteiger charge is -2.01. The van der Waals surface area contributed by atoms with E-state index in [1.165, 1.54) is 6.07 Å². The second-order valence-corrected chi connectivity index (χ2v) is 4.02. The molecule has 0 aliphatic rings. The van der Waals surface area contributed by atoms with Gasteiger partial charge in [-0.1, -0.05) is 0 Å². The van der Waals surface area contributed by atoms with E-state index in [9.17, 15) is 30.3 Å². The van der Waals surface area contributed by atoms with Crippen molar-refractivity contribution < 1.29 is 19.2 Å². The number of furan rings is 1. The summed E-state index contributed by atoms with van der Waals surface area (Å²) in [6.07, 6.45) is 1.07. The topological polar surface area (TPSA) is 167 Å². The minimum atomic E-state index is -0.803. The van der Waals surface area contributed by atoms with E-state index in [2.05, 4.69) is 10.5 Å². The van der Waals surface area contributed by atoms with E-state index in [0.29, 0.717) is 0 Å². The van der Waals surface area contributed by atoms with E-state index in [-0.39, 0.29) is 11.4 Å². The number of anilines is 1. The van der Waals surface area contributed by atoms with Gasteiger partial charge in [-0.15, -0.1) is 0 Å². The lowest BCUT2D eigenvalue weighted by molar-refractivity contribution is -0.402. The maximum atomic E-state index is 10.9. The van der Waals surface area contributed by atoms with E-state index < -0.39 is 32.0 Å². The number of rotatable bonds is 6. The SMILES string of the molecule is O=[N+]([O-])c1ccc(NN=Cc2ccc([N+](=O)[O-])o2)c([N+](=O)[O-])c1. The van der Waals surface area contributed by atoms with E-state index in [1.54, 1.807) is 0 Å². The molecule has 1 N–H and O–H groups in total. The number of non-ortho nitro benzene ring substituents is 1. The van der Waals surface area contributed by atoms with Crippen molar-refractivity contribution in [3.05, 3.63) is 66.4 Å². The maximum absolute atomic E-state index is 10.9. The van der Waals surface area contributed by atoms with Gasteiger partial charge in [-0.05, 0) is 12.1 Å². The molecule has 23 heavy (non-hydrogen) atoms. The molecule has 2 aromatic rings. The zero-order valence-electron chi connectivity index (χ0n) is 11.1. The van der Waals surface area contributed by atoms with Crippen LogP contribution in [0.5, 0.6) is 0 Å². The van der Waals surface area contributed by atoms with Crippen LogP contribution in [-0.4, -0.2) is 21.0 Å². The molecule has 0 amide bonds. The summed E-state index contributed by atoms with van der Waals surface area (Å²) < 4.78 is 4.80. The summed E-state index contributed by atoms with van der Waals surface area (Å²) in [4.78, 5) is 29.7. The van der Waals surface area contributed by atoms with Crippen LogP contribution < -0.4 is 5.43 Å². The third kappa shape index (κ3) is 3.63. The van der Waals surface area contributed by atoms with Crippen LogP contribution >= 0.6 is 0 Å². The lowest BCUT2D eigenvalue weighted by atomic mass is 10.2. The molecule has 0 bridgehead atoms. The average molecular weight is 321 g/mol. The first-order valence-electron chi connectivity index (χ1n) is 5.84. The van der Waals surface area contributed by atoms with Gasteiger partial charge < -0.3 is 4.42 Å². The number of hydrogen-bond donors (Lipinski definition) is 1. The molecule has 1 aromatic heterocycles. The molecule has 0 saturated heterocycles. The first kappa shape index (κ1) is 15.6. The Morgan fingerprint density at radius 3 is 2.30 bits per heavy atom. The normalized spacial score (nSPS) is 10.6. The molecule has 2 rings (SSSR count). The van der Waals surface area contributed by atoms with Crippen molar-refractivity contribution in [3.8, 4) is 0 Å². The molecule has 0 spiro atoms. The van der Waals surface area contributed by atoms with Gasteiger partial charge in [-0.25, -0.2) is 0 Å². The third-order valence-electron chi connectivity index (χ3n) is 2.56. The number of nitro benzene ring substituents is 2. The van der Waals surface area contributed by atoms with Gasteiger partial charge in [-0.2, -0.15) is 5.10 Å². The quantitative estimate of drug-likeness (QED) is 0.480. The maximum Gasteiger partial charge on any atom is 0.433 e. The van der Waals surface area contributed by atoms with Crippen molar-refractivity contribution in [2.24, 2.45) is 5.10 Å². The van der Waals surface area contributed by atoms with Crippen molar-refractivity contribution in [1.29, 1.82) is 0 Å². The molecule has 12 nitrogen and oxygen atoms in total. The van der Waals surface area contributed by atoms with Crippen molar-refractivity contribution in [3.63, 3.8) is 0 Å². The number of nitrogens with zero attached hydrogens (tertiary/aromatic N) is 4. The van der Waals surface area contributed by atoms with E-state index in [0.717, 1.165) is 30.5 Å². The fourth-order valence-electron chi connectivity index (χ4n) is 1.55. The molecule has 118 valence electrons. The number of hydrazone groups is 1. The highest BCUT2D eigenvalue weighted by Crippen LogP contribution is 2.28. The minimum Gasteiger partial charge on any atom is -0.400 e. The molecule has 1 aromatic carbocycles. The van der Waals surface area contributed by atoms with Crippen LogP contribution in [0, 0.1) is 30.3 Å². The van der Waals surface area contributed by atoms with Gasteiger partial charge in [0.2, 0.25) is 0 Å². The Hall–Kier alpha value is -3.83. The lowest BCUT2D eigenvalue weighted by Crippen LogP contribution is -1.98. The summed E-state index contributed by atoms with van der Waals surface area (Å²) in [5, 5.41) is 35.6. The van der Waals surface area contributed by atoms with Crippen LogP contribution in [0.2, 0.25) is 0 Å². The van der Waals surface area contributed by atoms with Crippen LogP contribution in [0.25, 0.3) is 0 Å². The average Bonchev–Trinajstić information content (AvgIpc) is 2.96. The van der Waals surface area contributed by atoms with Crippen LogP contribution in [0.4, 0.5) is 22.9 Å².